The first-order valence-electron chi connectivity index (χ1n) is 12.9. The third kappa shape index (κ3) is 4.57. The van der Waals surface area contributed by atoms with E-state index in [0.29, 0.717) is 19.6 Å². The molecular weight excluding hydrogens is 428 g/mol. The largest absolute Gasteiger partial charge is 0.388 e. The number of nitrogens with zero attached hydrogens (tertiary/aromatic N) is 2. The van der Waals surface area contributed by atoms with Gasteiger partial charge in [0.1, 0.15) is 0 Å². The molecule has 34 heavy (non-hydrogen) atoms. The van der Waals surface area contributed by atoms with Crippen LogP contribution >= 0.6 is 0 Å². The van der Waals surface area contributed by atoms with E-state index in [-0.39, 0.29) is 17.1 Å². The molecule has 1 aromatic rings. The lowest BCUT2D eigenvalue weighted by Gasteiger charge is -2.51. The fraction of sp³-hybridized carbons (Fsp3) is 0.704. The molecule has 4 rings (SSSR count). The first kappa shape index (κ1) is 25.0. The zero-order valence-corrected chi connectivity index (χ0v) is 21.1. The third-order valence-electron chi connectivity index (χ3n) is 8.62. The van der Waals surface area contributed by atoms with Gasteiger partial charge in [0, 0.05) is 18.6 Å². The van der Waals surface area contributed by atoms with Crippen LogP contribution in [0.1, 0.15) is 77.7 Å². The summed E-state index contributed by atoms with van der Waals surface area (Å²) in [7, 11) is 0. The summed E-state index contributed by atoms with van der Waals surface area (Å²) in [5, 5.41) is 14.8. The summed E-state index contributed by atoms with van der Waals surface area (Å²) in [6.45, 7) is 7.99. The molecule has 188 valence electrons. The fourth-order valence-electron chi connectivity index (χ4n) is 6.09. The zero-order valence-electron chi connectivity index (χ0n) is 21.1. The van der Waals surface area contributed by atoms with Gasteiger partial charge < -0.3 is 26.0 Å². The van der Waals surface area contributed by atoms with Crippen LogP contribution in [0.5, 0.6) is 0 Å². The normalized spacial score (nSPS) is 28.9. The van der Waals surface area contributed by atoms with Crippen molar-refractivity contribution in [2.45, 2.75) is 88.8 Å². The predicted molar refractivity (Wildman–Crippen MR) is 133 cm³/mol. The van der Waals surface area contributed by atoms with Crippen molar-refractivity contribution in [3.63, 3.8) is 0 Å². The summed E-state index contributed by atoms with van der Waals surface area (Å²) in [5.74, 6) is -0.402. The number of carbonyl (C=O) groups is 2. The summed E-state index contributed by atoms with van der Waals surface area (Å²) in [4.78, 5) is 29.5. The first-order chi connectivity index (χ1) is 16.0. The van der Waals surface area contributed by atoms with Crippen LogP contribution in [-0.2, 0) is 10.3 Å². The number of hydrogen-bond donors (Lipinski definition) is 3. The van der Waals surface area contributed by atoms with Gasteiger partial charge in [0.15, 0.2) is 0 Å². The lowest BCUT2D eigenvalue weighted by Crippen LogP contribution is -2.59. The van der Waals surface area contributed by atoms with Crippen LogP contribution in [0.3, 0.4) is 0 Å². The molecule has 2 saturated carbocycles. The van der Waals surface area contributed by atoms with Crippen molar-refractivity contribution in [2.24, 2.45) is 11.1 Å². The van der Waals surface area contributed by atoms with Crippen molar-refractivity contribution in [2.75, 3.05) is 26.2 Å². The maximum Gasteiger partial charge on any atom is 0.320 e. The van der Waals surface area contributed by atoms with Crippen LogP contribution < -0.4 is 11.1 Å². The molecule has 1 aromatic carbocycles. The van der Waals surface area contributed by atoms with Crippen molar-refractivity contribution < 1.29 is 14.7 Å². The molecule has 0 unspecified atom stereocenters. The van der Waals surface area contributed by atoms with E-state index < -0.39 is 16.9 Å². The Kier molecular flexibility index (Phi) is 6.73. The average Bonchev–Trinajstić information content (AvgIpc) is 3.03. The molecule has 2 aliphatic carbocycles. The lowest BCUT2D eigenvalue weighted by molar-refractivity contribution is -0.126. The van der Waals surface area contributed by atoms with Gasteiger partial charge in [0.05, 0.1) is 23.1 Å². The van der Waals surface area contributed by atoms with E-state index in [2.05, 4.69) is 42.6 Å². The van der Waals surface area contributed by atoms with Crippen molar-refractivity contribution in [1.29, 1.82) is 0 Å². The molecule has 3 amide bonds. The van der Waals surface area contributed by atoms with E-state index in [1.54, 1.807) is 13.8 Å². The average molecular weight is 471 g/mol. The highest BCUT2D eigenvalue weighted by atomic mass is 16.3. The van der Waals surface area contributed by atoms with E-state index in [1.165, 1.54) is 5.56 Å². The highest BCUT2D eigenvalue weighted by molar-refractivity contribution is 5.83. The number of β-amino-alcohol motifs (C(OH)–C–C–N with tert-alkyl or cyclic N) is 1. The summed E-state index contributed by atoms with van der Waals surface area (Å²) in [5.41, 5.74) is 4.92. The number of aliphatic hydroxyl groups is 1. The Labute approximate surface area is 204 Å². The van der Waals surface area contributed by atoms with Gasteiger partial charge in [-0.3, -0.25) is 4.79 Å². The molecule has 0 radical (unpaired) electrons. The molecule has 1 saturated heterocycles. The Morgan fingerprint density at radius 2 is 1.76 bits per heavy atom. The molecule has 1 aliphatic heterocycles. The molecule has 3 fully saturated rings. The summed E-state index contributed by atoms with van der Waals surface area (Å²) in [6, 6.07) is 10.6. The lowest BCUT2D eigenvalue weighted by atomic mass is 9.68. The van der Waals surface area contributed by atoms with E-state index >= 15 is 0 Å². The van der Waals surface area contributed by atoms with Gasteiger partial charge >= 0.3 is 6.03 Å². The minimum Gasteiger partial charge on any atom is -0.388 e. The second kappa shape index (κ2) is 9.15. The van der Waals surface area contributed by atoms with E-state index in [4.69, 9.17) is 5.73 Å². The van der Waals surface area contributed by atoms with Crippen LogP contribution in [0.4, 0.5) is 4.79 Å². The summed E-state index contributed by atoms with van der Waals surface area (Å²) in [6.07, 6.45) is 7.10. The number of hydrogen-bond acceptors (Lipinski definition) is 4. The van der Waals surface area contributed by atoms with Crippen LogP contribution in [-0.4, -0.2) is 64.2 Å². The molecular formula is C27H42N4O3. The van der Waals surface area contributed by atoms with Crippen LogP contribution in [0.25, 0.3) is 0 Å². The number of urea groups is 1. The maximum atomic E-state index is 13.7. The molecule has 1 heterocycles. The van der Waals surface area contributed by atoms with Crippen LogP contribution in [0.2, 0.25) is 0 Å². The van der Waals surface area contributed by atoms with Crippen molar-refractivity contribution >= 4 is 11.9 Å². The smallest absolute Gasteiger partial charge is 0.320 e. The Morgan fingerprint density at radius 1 is 1.12 bits per heavy atom. The molecule has 3 aliphatic rings. The number of primary amides is 1. The first-order valence-corrected chi connectivity index (χ1v) is 12.9. The SMILES string of the molecule is CCCNC1(c2ccccc2)CCC2(CC1)CN(CC(C)(C)C(N)=O)C(=O)N2CC1(O)CCC1. The highest BCUT2D eigenvalue weighted by Gasteiger charge is 2.56. The molecule has 0 bridgehead atoms. The third-order valence-corrected chi connectivity index (χ3v) is 8.62. The van der Waals surface area contributed by atoms with Crippen LogP contribution in [0.15, 0.2) is 30.3 Å². The van der Waals surface area contributed by atoms with E-state index in [9.17, 15) is 14.7 Å². The van der Waals surface area contributed by atoms with Gasteiger partial charge in [-0.1, -0.05) is 37.3 Å². The number of nitrogens with two attached hydrogens (primary N) is 1. The summed E-state index contributed by atoms with van der Waals surface area (Å²) >= 11 is 0. The number of carbonyl (C=O) groups excluding carboxylic acids is 2. The van der Waals surface area contributed by atoms with Gasteiger partial charge in [-0.05, 0) is 77.3 Å². The topological polar surface area (TPSA) is 98.9 Å². The Hall–Kier alpha value is -2.12. The molecule has 1 spiro atoms. The molecule has 7 nitrogen and oxygen atoms in total. The standard InChI is InChI=1S/C27H42N4O3/c1-4-17-29-27(21-9-6-5-7-10-21)15-13-25(14-16-27)19-30(18-24(2,3)22(28)32)23(33)31(25)20-26(34)11-8-12-26/h5-7,9-10,29,34H,4,8,11-20H2,1-3H3,(H2,28,32). The Morgan fingerprint density at radius 3 is 2.29 bits per heavy atom. The number of nitrogens with one attached hydrogen (secondary N) is 1. The summed E-state index contributed by atoms with van der Waals surface area (Å²) < 4.78 is 0. The van der Waals surface area contributed by atoms with Gasteiger partial charge in [-0.25, -0.2) is 4.79 Å². The quantitative estimate of drug-likeness (QED) is 0.515. The Bertz CT molecular complexity index is 888. The zero-order chi connectivity index (χ0) is 24.6. The Balaban J connectivity index is 1.60. The minimum atomic E-state index is -0.800. The van der Waals surface area contributed by atoms with Gasteiger partial charge in [-0.2, -0.15) is 0 Å². The van der Waals surface area contributed by atoms with Crippen molar-refractivity contribution in [3.05, 3.63) is 35.9 Å². The molecule has 0 aromatic heterocycles. The number of benzene rings is 1. The minimum absolute atomic E-state index is 0.0663. The van der Waals surface area contributed by atoms with Crippen molar-refractivity contribution in [3.8, 4) is 0 Å². The molecule has 0 atom stereocenters. The van der Waals surface area contributed by atoms with Gasteiger partial charge in [0.25, 0.3) is 0 Å². The maximum absolute atomic E-state index is 13.7. The van der Waals surface area contributed by atoms with Crippen molar-refractivity contribution in [1.82, 2.24) is 15.1 Å². The number of amides is 3. The monoisotopic (exact) mass is 470 g/mol. The van der Waals surface area contributed by atoms with Crippen LogP contribution in [0, 0.1) is 5.41 Å². The van der Waals surface area contributed by atoms with Gasteiger partial charge in [0.2, 0.25) is 5.91 Å². The van der Waals surface area contributed by atoms with Gasteiger partial charge in [-0.15, -0.1) is 0 Å². The predicted octanol–water partition coefficient (Wildman–Crippen LogP) is 3.36. The fourth-order valence-corrected chi connectivity index (χ4v) is 6.09. The highest BCUT2D eigenvalue weighted by Crippen LogP contribution is 2.48. The second-order valence-corrected chi connectivity index (χ2v) is 11.7. The molecule has 4 N–H and O–H groups in total. The second-order valence-electron chi connectivity index (χ2n) is 11.7. The van der Waals surface area contributed by atoms with E-state index in [1.807, 2.05) is 9.80 Å². The van der Waals surface area contributed by atoms with E-state index in [0.717, 1.165) is 57.9 Å². The number of rotatable bonds is 9. The molecule has 7 heteroatoms.